The molecule has 0 spiro atoms. The number of nitrogens with zero attached hydrogens (tertiary/aromatic N) is 4. The van der Waals surface area contributed by atoms with Crippen LogP contribution in [-0.2, 0) is 17.8 Å². The van der Waals surface area contributed by atoms with Gasteiger partial charge in [0.25, 0.3) is 0 Å². The maximum atomic E-state index is 6.20. The molecule has 6 nitrogen and oxygen atoms in total. The van der Waals surface area contributed by atoms with Gasteiger partial charge in [-0.3, -0.25) is 0 Å². The third-order valence-electron chi connectivity index (χ3n) is 6.25. The average Bonchev–Trinajstić information content (AvgIpc) is 3.14. The van der Waals surface area contributed by atoms with Gasteiger partial charge in [0.2, 0.25) is 0 Å². The molecule has 3 aromatic heterocycles. The minimum absolute atomic E-state index is 0.190. The molecule has 4 heterocycles. The van der Waals surface area contributed by atoms with Crippen LogP contribution in [0.5, 0.6) is 0 Å². The summed E-state index contributed by atoms with van der Waals surface area (Å²) in [7, 11) is 0. The highest BCUT2D eigenvalue weighted by Gasteiger charge is 2.32. The number of thioether (sulfide) groups is 1. The van der Waals surface area contributed by atoms with Crippen LogP contribution in [0.2, 0.25) is 0 Å². The van der Waals surface area contributed by atoms with E-state index < -0.39 is 0 Å². The van der Waals surface area contributed by atoms with E-state index >= 15 is 0 Å². The zero-order valence-electron chi connectivity index (χ0n) is 20.3. The van der Waals surface area contributed by atoms with E-state index in [2.05, 4.69) is 51.8 Å². The topological polar surface area (TPSA) is 63.2 Å². The number of hydrogen-bond acceptors (Lipinski definition) is 8. The van der Waals surface area contributed by atoms with E-state index in [1.807, 2.05) is 6.26 Å². The maximum Gasteiger partial charge on any atom is 0.189 e. The number of aromatic nitrogens is 3. The lowest BCUT2D eigenvalue weighted by Gasteiger charge is -2.33. The van der Waals surface area contributed by atoms with Crippen molar-refractivity contribution in [2.24, 2.45) is 0 Å². The van der Waals surface area contributed by atoms with Crippen LogP contribution in [0.1, 0.15) is 64.3 Å². The van der Waals surface area contributed by atoms with Gasteiger partial charge in [0.1, 0.15) is 10.6 Å². The van der Waals surface area contributed by atoms with Gasteiger partial charge < -0.3 is 15.0 Å². The fraction of sp³-hybridized carbons (Fsp3) is 0.625. The summed E-state index contributed by atoms with van der Waals surface area (Å²) in [4.78, 5) is 18.4. The fourth-order valence-corrected chi connectivity index (χ4v) is 5.92. The normalized spacial score (nSPS) is 15.8. The molecule has 0 radical (unpaired) electrons. The van der Waals surface area contributed by atoms with Crippen LogP contribution in [0.3, 0.4) is 0 Å². The molecule has 0 atom stereocenters. The van der Waals surface area contributed by atoms with Crippen molar-refractivity contribution in [2.75, 3.05) is 37.8 Å². The molecule has 32 heavy (non-hydrogen) atoms. The number of hydrogen-bond donors (Lipinski definition) is 1. The zero-order valence-corrected chi connectivity index (χ0v) is 22.0. The third kappa shape index (κ3) is 4.47. The first-order valence-corrected chi connectivity index (χ1v) is 13.6. The second-order valence-electron chi connectivity index (χ2n) is 9.31. The van der Waals surface area contributed by atoms with Gasteiger partial charge >= 0.3 is 0 Å². The molecule has 0 aliphatic carbocycles. The first kappa shape index (κ1) is 23.7. The summed E-state index contributed by atoms with van der Waals surface area (Å²) in [5, 5.41) is 5.61. The Morgan fingerprint density at radius 3 is 2.56 bits per heavy atom. The van der Waals surface area contributed by atoms with E-state index in [0.717, 1.165) is 64.3 Å². The molecular weight excluding hydrogens is 438 g/mol. The van der Waals surface area contributed by atoms with Crippen molar-refractivity contribution in [1.82, 2.24) is 19.9 Å². The molecule has 0 saturated carbocycles. The van der Waals surface area contributed by atoms with Gasteiger partial charge in [-0.2, -0.15) is 0 Å². The second kappa shape index (κ2) is 9.41. The number of likely N-dealkylation sites (N-methyl/N-ethyl adjacent to an activating group) is 1. The van der Waals surface area contributed by atoms with Crippen molar-refractivity contribution < 1.29 is 4.74 Å². The van der Waals surface area contributed by atoms with Gasteiger partial charge in [0, 0.05) is 30.5 Å². The molecule has 1 N–H and O–H groups in total. The van der Waals surface area contributed by atoms with E-state index in [-0.39, 0.29) is 5.60 Å². The minimum Gasteiger partial charge on any atom is -0.370 e. The fourth-order valence-electron chi connectivity index (χ4n) is 4.44. The summed E-state index contributed by atoms with van der Waals surface area (Å²) < 4.78 is 7.30. The molecule has 1 aliphatic heterocycles. The smallest absolute Gasteiger partial charge is 0.189 e. The first-order valence-electron chi connectivity index (χ1n) is 11.6. The van der Waals surface area contributed by atoms with E-state index in [4.69, 9.17) is 19.7 Å². The summed E-state index contributed by atoms with van der Waals surface area (Å²) in [5.74, 6) is 1.28. The molecule has 0 saturated heterocycles. The Hall–Kier alpha value is -1.48. The van der Waals surface area contributed by atoms with E-state index in [1.54, 1.807) is 23.1 Å². The van der Waals surface area contributed by atoms with Crippen LogP contribution in [0.4, 0.5) is 5.82 Å². The van der Waals surface area contributed by atoms with Crippen LogP contribution < -0.4 is 5.32 Å². The molecule has 0 aromatic carbocycles. The molecule has 8 heteroatoms. The lowest BCUT2D eigenvalue weighted by Crippen LogP contribution is -2.33. The van der Waals surface area contributed by atoms with Crippen LogP contribution in [0.25, 0.3) is 20.4 Å². The standard InChI is InChI=1S/C24H35N5OS2/c1-8-29(9-2)11-10-25-21-20-19(27-23(28-21)31-7)17-15-12-24(5,6)30-13-16(15)18(14(3)4)26-22(17)32-20/h14H,8-13H2,1-7H3,(H,25,27,28). The minimum atomic E-state index is -0.190. The van der Waals surface area contributed by atoms with Crippen LogP contribution >= 0.6 is 23.1 Å². The molecular formula is C24H35N5OS2. The second-order valence-corrected chi connectivity index (χ2v) is 11.1. The molecule has 4 rings (SSSR count). The Bertz CT molecular complexity index is 1120. The highest BCUT2D eigenvalue weighted by atomic mass is 32.2. The predicted molar refractivity (Wildman–Crippen MR) is 137 cm³/mol. The highest BCUT2D eigenvalue weighted by Crippen LogP contribution is 2.43. The molecule has 0 unspecified atom stereocenters. The van der Waals surface area contributed by atoms with Gasteiger partial charge in [-0.05, 0) is 44.7 Å². The zero-order chi connectivity index (χ0) is 23.0. The number of ether oxygens (including phenoxy) is 1. The van der Waals surface area contributed by atoms with Crippen molar-refractivity contribution in [3.63, 3.8) is 0 Å². The third-order valence-corrected chi connectivity index (χ3v) is 7.87. The van der Waals surface area contributed by atoms with Crippen molar-refractivity contribution in [1.29, 1.82) is 0 Å². The molecule has 0 fully saturated rings. The van der Waals surface area contributed by atoms with Gasteiger partial charge in [-0.15, -0.1) is 11.3 Å². The summed E-state index contributed by atoms with van der Waals surface area (Å²) in [6.07, 6.45) is 2.91. The molecule has 0 amide bonds. The number of nitrogens with one attached hydrogen (secondary N) is 1. The highest BCUT2D eigenvalue weighted by molar-refractivity contribution is 7.98. The van der Waals surface area contributed by atoms with Gasteiger partial charge in [-0.1, -0.05) is 39.5 Å². The Morgan fingerprint density at radius 2 is 1.91 bits per heavy atom. The Balaban J connectivity index is 1.88. The predicted octanol–water partition coefficient (Wildman–Crippen LogP) is 5.69. The summed E-state index contributed by atoms with van der Waals surface area (Å²) in [6, 6.07) is 0. The summed E-state index contributed by atoms with van der Waals surface area (Å²) in [5.41, 5.74) is 4.62. The lowest BCUT2D eigenvalue weighted by molar-refractivity contribution is -0.0402. The molecule has 3 aromatic rings. The molecule has 174 valence electrons. The van der Waals surface area contributed by atoms with E-state index in [9.17, 15) is 0 Å². The average molecular weight is 474 g/mol. The van der Waals surface area contributed by atoms with Crippen molar-refractivity contribution in [3.8, 4) is 0 Å². The summed E-state index contributed by atoms with van der Waals surface area (Å²) >= 11 is 3.31. The first-order chi connectivity index (χ1) is 15.3. The van der Waals surface area contributed by atoms with Crippen LogP contribution in [0.15, 0.2) is 5.16 Å². The largest absolute Gasteiger partial charge is 0.370 e. The number of fused-ring (bicyclic) bond motifs is 5. The van der Waals surface area contributed by atoms with Crippen molar-refractivity contribution >= 4 is 49.3 Å². The number of thiophene rings is 1. The Kier molecular flexibility index (Phi) is 6.96. The van der Waals surface area contributed by atoms with E-state index in [0.29, 0.717) is 12.5 Å². The summed E-state index contributed by atoms with van der Waals surface area (Å²) in [6.45, 7) is 17.8. The van der Waals surface area contributed by atoms with Gasteiger partial charge in [0.15, 0.2) is 5.16 Å². The molecule has 0 bridgehead atoms. The van der Waals surface area contributed by atoms with Crippen LogP contribution in [0, 0.1) is 0 Å². The monoisotopic (exact) mass is 473 g/mol. The van der Waals surface area contributed by atoms with Gasteiger partial charge in [0.05, 0.1) is 28.1 Å². The van der Waals surface area contributed by atoms with Crippen LogP contribution in [-0.4, -0.2) is 57.9 Å². The lowest BCUT2D eigenvalue weighted by atomic mass is 9.87. The number of anilines is 1. The van der Waals surface area contributed by atoms with E-state index in [1.165, 1.54) is 16.5 Å². The Labute approximate surface area is 199 Å². The maximum absolute atomic E-state index is 6.20. The quantitative estimate of drug-likeness (QED) is 0.333. The van der Waals surface area contributed by atoms with Crippen molar-refractivity contribution in [3.05, 3.63) is 16.8 Å². The number of pyridine rings is 1. The number of rotatable bonds is 8. The van der Waals surface area contributed by atoms with Crippen molar-refractivity contribution in [2.45, 2.75) is 71.2 Å². The Morgan fingerprint density at radius 1 is 1.16 bits per heavy atom. The van der Waals surface area contributed by atoms with Gasteiger partial charge in [-0.25, -0.2) is 15.0 Å². The SMILES string of the molecule is CCN(CC)CCNc1nc(SC)nc2c1sc1nc(C(C)C)c3c(c12)CC(C)(C)OC3. The molecule has 1 aliphatic rings.